The molecular weight excluding hydrogens is 242 g/mol. The summed E-state index contributed by atoms with van der Waals surface area (Å²) in [5.41, 5.74) is 11.9. The Morgan fingerprint density at radius 3 is 2.44 bits per heavy atom. The van der Waals surface area contributed by atoms with Crippen LogP contribution in [0.1, 0.15) is 21.5 Å². The molecule has 0 saturated heterocycles. The van der Waals surface area contributed by atoms with Gasteiger partial charge in [-0.2, -0.15) is 0 Å². The van der Waals surface area contributed by atoms with Crippen LogP contribution in [0.25, 0.3) is 0 Å². The molecule has 0 atom stereocenters. The molecule has 0 saturated carbocycles. The molecule has 0 unspecified atom stereocenters. The van der Waals surface area contributed by atoms with Crippen LogP contribution in [-0.2, 0) is 4.74 Å². The van der Waals surface area contributed by atoms with Crippen molar-refractivity contribution in [3.8, 4) is 11.5 Å². The number of benzene rings is 1. The number of nitrogens with two attached hydrogens (primary N) is 1. The van der Waals surface area contributed by atoms with Gasteiger partial charge in [0.15, 0.2) is 0 Å². The smallest absolute Gasteiger partial charge is 0.337 e. The second-order valence-electron chi connectivity index (χ2n) is 5.25. The molecule has 1 aromatic carbocycles. The minimum Gasteiger partial charge on any atom is -0.465 e. The van der Waals surface area contributed by atoms with Crippen LogP contribution in [0.4, 0.5) is 5.69 Å². The molecule has 0 aliphatic carbocycles. The van der Waals surface area contributed by atoms with E-state index >= 15 is 0 Å². The Bertz CT molecular complexity index is 533. The van der Waals surface area contributed by atoms with Gasteiger partial charge in [0.05, 0.1) is 18.4 Å². The van der Waals surface area contributed by atoms with Crippen LogP contribution in [0, 0.1) is 18.4 Å². The van der Waals surface area contributed by atoms with E-state index in [2.05, 4.69) is 31.1 Å². The van der Waals surface area contributed by atoms with E-state index in [9.17, 15) is 4.79 Å². The van der Waals surface area contributed by atoms with Crippen molar-refractivity contribution in [3.05, 3.63) is 28.8 Å². The monoisotopic (exact) mass is 261 g/mol. The lowest BCUT2D eigenvalue weighted by atomic mass is 10.0. The minimum absolute atomic E-state index is 0.367. The highest BCUT2D eigenvalue weighted by Gasteiger charge is 2.12. The van der Waals surface area contributed by atoms with E-state index in [1.165, 1.54) is 7.11 Å². The first-order valence-electron chi connectivity index (χ1n) is 5.76. The Hall–Kier alpha value is -1.73. The molecule has 96 valence electrons. The Morgan fingerprint density at radius 2 is 1.94 bits per heavy atom. The highest BCUT2D eigenvalue weighted by Crippen LogP contribution is 2.19. The molecule has 0 aliphatic rings. The van der Waals surface area contributed by atoms with Gasteiger partial charge < -0.3 is 10.5 Å². The average Bonchev–Trinajstić information content (AvgIpc) is 2.28. The van der Waals surface area contributed by atoms with Crippen molar-refractivity contribution >= 4 is 19.7 Å². The van der Waals surface area contributed by atoms with Gasteiger partial charge in [-0.3, -0.25) is 0 Å². The molecule has 0 aliphatic heterocycles. The fraction of sp³-hybridized carbons (Fsp3) is 0.357. The topological polar surface area (TPSA) is 52.3 Å². The van der Waals surface area contributed by atoms with Gasteiger partial charge in [0.1, 0.15) is 8.07 Å². The fourth-order valence-corrected chi connectivity index (χ4v) is 1.90. The molecule has 2 N–H and O–H groups in total. The van der Waals surface area contributed by atoms with Crippen LogP contribution in [0.3, 0.4) is 0 Å². The highest BCUT2D eigenvalue weighted by atomic mass is 28.3. The number of rotatable bonds is 1. The van der Waals surface area contributed by atoms with E-state index < -0.39 is 8.07 Å². The van der Waals surface area contributed by atoms with Gasteiger partial charge in [0.2, 0.25) is 0 Å². The average molecular weight is 261 g/mol. The van der Waals surface area contributed by atoms with E-state index in [4.69, 9.17) is 10.5 Å². The molecule has 0 amide bonds. The number of nitrogen functional groups attached to an aromatic ring is 1. The van der Waals surface area contributed by atoms with E-state index in [1.54, 1.807) is 12.1 Å². The predicted molar refractivity (Wildman–Crippen MR) is 77.2 cm³/mol. The third-order valence-corrected chi connectivity index (χ3v) is 3.26. The summed E-state index contributed by atoms with van der Waals surface area (Å²) in [7, 11) is -0.104. The van der Waals surface area contributed by atoms with Crippen molar-refractivity contribution in [3.63, 3.8) is 0 Å². The van der Waals surface area contributed by atoms with Gasteiger partial charge in [0, 0.05) is 5.56 Å². The lowest BCUT2D eigenvalue weighted by Gasteiger charge is -2.08. The van der Waals surface area contributed by atoms with Crippen molar-refractivity contribution in [1.82, 2.24) is 0 Å². The second kappa shape index (κ2) is 5.28. The van der Waals surface area contributed by atoms with E-state index in [-0.39, 0.29) is 5.97 Å². The number of carbonyl (C=O) groups excluding carboxylic acids is 1. The number of aryl methyl sites for hydroxylation is 1. The van der Waals surface area contributed by atoms with Crippen LogP contribution < -0.4 is 5.73 Å². The number of esters is 1. The number of methoxy groups -OCH3 is 1. The Morgan fingerprint density at radius 1 is 1.33 bits per heavy atom. The van der Waals surface area contributed by atoms with Crippen molar-refractivity contribution in [1.29, 1.82) is 0 Å². The summed E-state index contributed by atoms with van der Waals surface area (Å²) in [6.07, 6.45) is 0. The lowest BCUT2D eigenvalue weighted by molar-refractivity contribution is 0.0600. The molecular formula is C14H19NO2Si. The maximum atomic E-state index is 11.5. The van der Waals surface area contributed by atoms with E-state index in [1.807, 2.05) is 6.92 Å². The largest absolute Gasteiger partial charge is 0.465 e. The number of ether oxygens (including phenoxy) is 1. The van der Waals surface area contributed by atoms with Crippen molar-refractivity contribution < 1.29 is 9.53 Å². The first kappa shape index (κ1) is 14.3. The highest BCUT2D eigenvalue weighted by molar-refractivity contribution is 6.83. The van der Waals surface area contributed by atoms with Gasteiger partial charge in [-0.1, -0.05) is 25.6 Å². The molecule has 0 bridgehead atoms. The zero-order valence-electron chi connectivity index (χ0n) is 11.5. The normalized spacial score (nSPS) is 10.5. The standard InChI is InChI=1S/C14H19NO2Si/c1-10-8-12(14(16)17-2)9-11(13(10)15)6-7-18(3,4)5/h8-9H,15H2,1-5H3. The summed E-state index contributed by atoms with van der Waals surface area (Å²) in [5.74, 6) is 2.73. The maximum Gasteiger partial charge on any atom is 0.337 e. The quantitative estimate of drug-likeness (QED) is 0.366. The first-order valence-corrected chi connectivity index (χ1v) is 9.26. The summed E-state index contributed by atoms with van der Waals surface area (Å²) in [5, 5.41) is 0. The molecule has 0 radical (unpaired) electrons. The first-order chi connectivity index (χ1) is 8.24. The number of hydrogen-bond donors (Lipinski definition) is 1. The summed E-state index contributed by atoms with van der Waals surface area (Å²) < 4.78 is 4.71. The number of hydrogen-bond acceptors (Lipinski definition) is 3. The van der Waals surface area contributed by atoms with Crippen molar-refractivity contribution in [2.24, 2.45) is 0 Å². The maximum absolute atomic E-state index is 11.5. The molecule has 3 nitrogen and oxygen atoms in total. The van der Waals surface area contributed by atoms with Crippen molar-refractivity contribution in [2.75, 3.05) is 12.8 Å². The van der Waals surface area contributed by atoms with E-state index in [0.717, 1.165) is 5.56 Å². The summed E-state index contributed by atoms with van der Waals surface area (Å²) >= 11 is 0. The van der Waals surface area contributed by atoms with E-state index in [0.29, 0.717) is 16.8 Å². The molecule has 18 heavy (non-hydrogen) atoms. The van der Waals surface area contributed by atoms with Gasteiger partial charge >= 0.3 is 5.97 Å². The fourth-order valence-electron chi connectivity index (χ4n) is 1.39. The Labute approximate surface area is 109 Å². The van der Waals surface area contributed by atoms with Gasteiger partial charge in [0.25, 0.3) is 0 Å². The zero-order chi connectivity index (χ0) is 13.9. The SMILES string of the molecule is COC(=O)c1cc(C)c(N)c(C#C[Si](C)(C)C)c1. The molecule has 4 heteroatoms. The summed E-state index contributed by atoms with van der Waals surface area (Å²) in [6.45, 7) is 8.34. The summed E-state index contributed by atoms with van der Waals surface area (Å²) in [6, 6.07) is 3.42. The minimum atomic E-state index is -1.47. The third-order valence-electron chi connectivity index (χ3n) is 2.38. The second-order valence-corrected chi connectivity index (χ2v) is 10.00. The Balaban J connectivity index is 3.30. The third kappa shape index (κ3) is 3.64. The molecule has 0 aromatic heterocycles. The van der Waals surface area contributed by atoms with Crippen LogP contribution >= 0.6 is 0 Å². The molecule has 0 fully saturated rings. The molecule has 0 spiro atoms. The molecule has 1 aromatic rings. The number of anilines is 1. The van der Waals surface area contributed by atoms with Gasteiger partial charge in [-0.25, -0.2) is 4.79 Å². The predicted octanol–water partition coefficient (Wildman–Crippen LogP) is 2.59. The number of carbonyl (C=O) groups is 1. The van der Waals surface area contributed by atoms with Crippen LogP contribution in [0.2, 0.25) is 19.6 Å². The molecule has 1 rings (SSSR count). The van der Waals surface area contributed by atoms with Crippen LogP contribution in [0.15, 0.2) is 12.1 Å². The van der Waals surface area contributed by atoms with Gasteiger partial charge in [-0.05, 0) is 24.6 Å². The van der Waals surface area contributed by atoms with Gasteiger partial charge in [-0.15, -0.1) is 5.54 Å². The van der Waals surface area contributed by atoms with Crippen molar-refractivity contribution in [2.45, 2.75) is 26.6 Å². The summed E-state index contributed by atoms with van der Waals surface area (Å²) in [4.78, 5) is 11.5. The molecule has 0 heterocycles. The van der Waals surface area contributed by atoms with Crippen LogP contribution in [-0.4, -0.2) is 21.2 Å². The zero-order valence-corrected chi connectivity index (χ0v) is 12.5. The lowest BCUT2D eigenvalue weighted by Crippen LogP contribution is -2.16. The van der Waals surface area contributed by atoms with Crippen LogP contribution in [0.5, 0.6) is 0 Å². The Kier molecular flexibility index (Phi) is 4.20.